The Bertz CT molecular complexity index is 661. The summed E-state index contributed by atoms with van der Waals surface area (Å²) in [5.41, 5.74) is -1.11. The first-order valence-corrected chi connectivity index (χ1v) is 7.22. The van der Waals surface area contributed by atoms with Crippen LogP contribution < -0.4 is 0 Å². The predicted octanol–water partition coefficient (Wildman–Crippen LogP) is 2.15. The number of benzene rings is 1. The molecule has 0 amide bonds. The van der Waals surface area contributed by atoms with E-state index in [1.54, 1.807) is 0 Å². The van der Waals surface area contributed by atoms with E-state index in [1.165, 1.54) is 12.1 Å². The average molecular weight is 350 g/mol. The highest BCUT2D eigenvalue weighted by atomic mass is 35.5. The van der Waals surface area contributed by atoms with Crippen LogP contribution in [0.25, 0.3) is 5.69 Å². The van der Waals surface area contributed by atoms with Gasteiger partial charge in [-0.1, -0.05) is 18.5 Å². The van der Waals surface area contributed by atoms with Crippen LogP contribution in [0.1, 0.15) is 18.3 Å². The van der Waals surface area contributed by atoms with E-state index in [-0.39, 0.29) is 29.7 Å². The Kier molecular flexibility index (Phi) is 5.55. The van der Waals surface area contributed by atoms with Gasteiger partial charge in [-0.05, 0) is 35.2 Å². The molecule has 2 rings (SSSR count). The van der Waals surface area contributed by atoms with Gasteiger partial charge in [0.15, 0.2) is 5.82 Å². The molecule has 6 nitrogen and oxygen atoms in total. The molecule has 1 heterocycles. The standard InChI is InChI=1S/C13H15ClF3N5O/c1-2-21(5-6-23)8-12-18-19-20-22(12)11-4-3-9(14)7-10(11)13(15,16)17/h3-4,7,23H,2,5-6,8H2,1H3. The molecular formula is C13H15ClF3N5O. The molecule has 23 heavy (non-hydrogen) atoms. The Hall–Kier alpha value is -1.71. The summed E-state index contributed by atoms with van der Waals surface area (Å²) in [6.07, 6.45) is -4.58. The minimum Gasteiger partial charge on any atom is -0.395 e. The lowest BCUT2D eigenvalue weighted by molar-refractivity contribution is -0.137. The van der Waals surface area contributed by atoms with Crippen molar-refractivity contribution in [2.45, 2.75) is 19.6 Å². The van der Waals surface area contributed by atoms with Crippen molar-refractivity contribution in [3.63, 3.8) is 0 Å². The quantitative estimate of drug-likeness (QED) is 0.865. The minimum absolute atomic E-state index is 0.0221. The lowest BCUT2D eigenvalue weighted by Gasteiger charge is -2.19. The van der Waals surface area contributed by atoms with Crippen molar-refractivity contribution in [1.29, 1.82) is 0 Å². The molecule has 0 aliphatic heterocycles. The second-order valence-corrected chi connectivity index (χ2v) is 5.19. The number of aliphatic hydroxyl groups excluding tert-OH is 1. The fraction of sp³-hybridized carbons (Fsp3) is 0.462. The third kappa shape index (κ3) is 4.18. The van der Waals surface area contributed by atoms with Crippen LogP contribution in [0.15, 0.2) is 18.2 Å². The molecule has 0 fully saturated rings. The molecule has 0 atom stereocenters. The van der Waals surface area contributed by atoms with Gasteiger partial charge in [0.05, 0.1) is 24.4 Å². The van der Waals surface area contributed by atoms with E-state index >= 15 is 0 Å². The fourth-order valence-electron chi connectivity index (χ4n) is 2.10. The van der Waals surface area contributed by atoms with Crippen molar-refractivity contribution in [2.24, 2.45) is 0 Å². The van der Waals surface area contributed by atoms with Crippen molar-refractivity contribution >= 4 is 11.6 Å². The van der Waals surface area contributed by atoms with E-state index in [2.05, 4.69) is 15.5 Å². The van der Waals surface area contributed by atoms with Crippen LogP contribution in [-0.4, -0.2) is 49.9 Å². The Morgan fingerprint density at radius 1 is 1.35 bits per heavy atom. The first-order valence-electron chi connectivity index (χ1n) is 6.84. The number of alkyl halides is 3. The minimum atomic E-state index is -4.58. The third-order valence-electron chi connectivity index (χ3n) is 3.25. The van der Waals surface area contributed by atoms with Crippen molar-refractivity contribution < 1.29 is 18.3 Å². The van der Waals surface area contributed by atoms with Gasteiger partial charge >= 0.3 is 6.18 Å². The van der Waals surface area contributed by atoms with Gasteiger partial charge in [0, 0.05) is 11.6 Å². The van der Waals surface area contributed by atoms with E-state index in [4.69, 9.17) is 16.7 Å². The summed E-state index contributed by atoms with van der Waals surface area (Å²) >= 11 is 5.68. The number of halogens is 4. The third-order valence-corrected chi connectivity index (χ3v) is 3.49. The van der Waals surface area contributed by atoms with Crippen LogP contribution in [-0.2, 0) is 12.7 Å². The van der Waals surface area contributed by atoms with Crippen molar-refractivity contribution in [2.75, 3.05) is 19.7 Å². The van der Waals surface area contributed by atoms with Gasteiger partial charge in [-0.3, -0.25) is 4.90 Å². The van der Waals surface area contributed by atoms with E-state index in [9.17, 15) is 13.2 Å². The second-order valence-electron chi connectivity index (χ2n) is 4.76. The highest BCUT2D eigenvalue weighted by molar-refractivity contribution is 6.30. The zero-order valence-corrected chi connectivity index (χ0v) is 13.0. The van der Waals surface area contributed by atoms with Crippen molar-refractivity contribution in [3.05, 3.63) is 34.6 Å². The van der Waals surface area contributed by atoms with E-state index < -0.39 is 11.7 Å². The van der Waals surface area contributed by atoms with Gasteiger partial charge in [-0.2, -0.15) is 17.9 Å². The Morgan fingerprint density at radius 2 is 2.09 bits per heavy atom. The highest BCUT2D eigenvalue weighted by Gasteiger charge is 2.35. The second kappa shape index (κ2) is 7.24. The number of rotatable bonds is 6. The lowest BCUT2D eigenvalue weighted by Crippen LogP contribution is -2.28. The van der Waals surface area contributed by atoms with Gasteiger partial charge in [-0.25, -0.2) is 0 Å². The molecule has 0 aliphatic rings. The van der Waals surface area contributed by atoms with Gasteiger partial charge in [-0.15, -0.1) is 5.10 Å². The molecule has 126 valence electrons. The number of nitrogens with zero attached hydrogens (tertiary/aromatic N) is 5. The molecule has 1 aromatic heterocycles. The molecule has 10 heteroatoms. The summed E-state index contributed by atoms with van der Waals surface area (Å²) in [4.78, 5) is 1.81. The van der Waals surface area contributed by atoms with E-state index in [1.807, 2.05) is 11.8 Å². The Balaban J connectivity index is 2.43. The number of hydrogen-bond acceptors (Lipinski definition) is 5. The van der Waals surface area contributed by atoms with Gasteiger partial charge < -0.3 is 5.11 Å². The molecule has 0 saturated carbocycles. The maximum Gasteiger partial charge on any atom is 0.418 e. The SMILES string of the molecule is CCN(CCO)Cc1nnnn1-c1ccc(Cl)cc1C(F)(F)F. The van der Waals surface area contributed by atoms with Crippen LogP contribution in [0.2, 0.25) is 5.02 Å². The number of likely N-dealkylation sites (N-methyl/N-ethyl adjacent to an activating group) is 1. The Morgan fingerprint density at radius 3 is 2.70 bits per heavy atom. The molecule has 1 aromatic carbocycles. The van der Waals surface area contributed by atoms with E-state index in [0.717, 1.165) is 10.7 Å². The molecule has 0 radical (unpaired) electrons. The lowest BCUT2D eigenvalue weighted by atomic mass is 10.1. The zero-order valence-electron chi connectivity index (χ0n) is 12.3. The van der Waals surface area contributed by atoms with Crippen LogP contribution in [0.3, 0.4) is 0 Å². The average Bonchev–Trinajstić information content (AvgIpc) is 2.94. The van der Waals surface area contributed by atoms with Crippen LogP contribution in [0.5, 0.6) is 0 Å². The number of aromatic nitrogens is 4. The highest BCUT2D eigenvalue weighted by Crippen LogP contribution is 2.35. The van der Waals surface area contributed by atoms with Gasteiger partial charge in [0.25, 0.3) is 0 Å². The molecule has 0 aliphatic carbocycles. The molecule has 0 unspecified atom stereocenters. The number of aliphatic hydroxyl groups is 1. The summed E-state index contributed by atoms with van der Waals surface area (Å²) in [5.74, 6) is 0.244. The predicted molar refractivity (Wildman–Crippen MR) is 77.2 cm³/mol. The first-order chi connectivity index (χ1) is 10.9. The summed E-state index contributed by atoms with van der Waals surface area (Å²) in [6.45, 7) is 2.98. The maximum atomic E-state index is 13.2. The number of hydrogen-bond donors (Lipinski definition) is 1. The van der Waals surface area contributed by atoms with Gasteiger partial charge in [0.1, 0.15) is 0 Å². The van der Waals surface area contributed by atoms with Gasteiger partial charge in [0.2, 0.25) is 0 Å². The van der Waals surface area contributed by atoms with Crippen LogP contribution in [0.4, 0.5) is 13.2 Å². The molecular weight excluding hydrogens is 335 g/mol. The largest absolute Gasteiger partial charge is 0.418 e. The normalized spacial score (nSPS) is 12.1. The molecule has 0 saturated heterocycles. The first kappa shape index (κ1) is 17.6. The fourth-order valence-corrected chi connectivity index (χ4v) is 2.27. The van der Waals surface area contributed by atoms with Crippen molar-refractivity contribution in [1.82, 2.24) is 25.1 Å². The van der Waals surface area contributed by atoms with E-state index in [0.29, 0.717) is 13.1 Å². The topological polar surface area (TPSA) is 67.1 Å². The molecule has 0 bridgehead atoms. The smallest absolute Gasteiger partial charge is 0.395 e. The molecule has 1 N–H and O–H groups in total. The monoisotopic (exact) mass is 349 g/mol. The maximum absolute atomic E-state index is 13.2. The summed E-state index contributed by atoms with van der Waals surface area (Å²) in [7, 11) is 0. The zero-order chi connectivity index (χ0) is 17.0. The molecule has 0 spiro atoms. The van der Waals surface area contributed by atoms with Crippen LogP contribution >= 0.6 is 11.6 Å². The van der Waals surface area contributed by atoms with Crippen LogP contribution in [0, 0.1) is 0 Å². The summed E-state index contributed by atoms with van der Waals surface area (Å²) in [5, 5.41) is 19.9. The Labute approximate surface area is 135 Å². The molecule has 2 aromatic rings. The number of tetrazole rings is 1. The van der Waals surface area contributed by atoms with Crippen molar-refractivity contribution in [3.8, 4) is 5.69 Å². The summed E-state index contributed by atoms with van der Waals surface area (Å²) < 4.78 is 40.7. The summed E-state index contributed by atoms with van der Waals surface area (Å²) in [6, 6.07) is 3.42.